The van der Waals surface area contributed by atoms with Gasteiger partial charge in [0.05, 0.1) is 11.1 Å². The SMILES string of the molecule is CC(=O)OC[C@H]1O[C@@H](O)[C@H](OC(C)=O)[C@@H](OC(=O)c2ccccc2)[C@H]1OC(=O)c1ccccc1. The number of carbonyl (C=O) groups is 4. The summed E-state index contributed by atoms with van der Waals surface area (Å²) >= 11 is 0. The van der Waals surface area contributed by atoms with Crippen molar-refractivity contribution in [2.45, 2.75) is 44.6 Å². The van der Waals surface area contributed by atoms with Gasteiger partial charge in [-0.25, -0.2) is 9.59 Å². The number of aliphatic hydroxyl groups is 1. The third kappa shape index (κ3) is 6.40. The van der Waals surface area contributed by atoms with Gasteiger partial charge in [-0.1, -0.05) is 36.4 Å². The van der Waals surface area contributed by atoms with Crippen molar-refractivity contribution in [3.63, 3.8) is 0 Å². The van der Waals surface area contributed by atoms with E-state index in [0.29, 0.717) is 0 Å². The number of rotatable bonds is 7. The first-order chi connectivity index (χ1) is 16.3. The summed E-state index contributed by atoms with van der Waals surface area (Å²) in [6.07, 6.45) is -7.38. The predicted octanol–water partition coefficient (Wildman–Crippen LogP) is 1.65. The largest absolute Gasteiger partial charge is 0.463 e. The molecule has 10 heteroatoms. The molecule has 5 atom stereocenters. The number of benzene rings is 2. The Kier molecular flexibility index (Phi) is 8.34. The first kappa shape index (κ1) is 24.9. The van der Waals surface area contributed by atoms with Crippen LogP contribution in [-0.2, 0) is 33.3 Å². The first-order valence-electron chi connectivity index (χ1n) is 10.4. The monoisotopic (exact) mass is 472 g/mol. The normalized spacial score (nSPS) is 23.9. The Morgan fingerprint density at radius 1 is 0.735 bits per heavy atom. The van der Waals surface area contributed by atoms with E-state index < -0.39 is 61.2 Å². The quantitative estimate of drug-likeness (QED) is 0.468. The van der Waals surface area contributed by atoms with Crippen LogP contribution in [0.4, 0.5) is 0 Å². The molecule has 1 fully saturated rings. The second-order valence-corrected chi connectivity index (χ2v) is 7.41. The van der Waals surface area contributed by atoms with Gasteiger partial charge in [0.25, 0.3) is 0 Å². The van der Waals surface area contributed by atoms with E-state index in [9.17, 15) is 24.3 Å². The van der Waals surface area contributed by atoms with E-state index >= 15 is 0 Å². The second-order valence-electron chi connectivity index (χ2n) is 7.41. The molecule has 0 unspecified atom stereocenters. The van der Waals surface area contributed by atoms with E-state index in [1.54, 1.807) is 36.4 Å². The number of ether oxygens (including phenoxy) is 5. The second kappa shape index (κ2) is 11.4. The molecule has 2 aromatic rings. The summed E-state index contributed by atoms with van der Waals surface area (Å²) in [4.78, 5) is 48.7. The van der Waals surface area contributed by atoms with Gasteiger partial charge in [0.15, 0.2) is 24.6 Å². The van der Waals surface area contributed by atoms with Crippen molar-refractivity contribution in [1.82, 2.24) is 0 Å². The molecule has 0 aromatic heterocycles. The number of aliphatic hydroxyl groups excluding tert-OH is 1. The maximum absolute atomic E-state index is 12.8. The molecule has 0 aliphatic carbocycles. The lowest BCUT2D eigenvalue weighted by molar-refractivity contribution is -0.289. The fourth-order valence-corrected chi connectivity index (χ4v) is 3.35. The molecular formula is C24H24O10. The van der Waals surface area contributed by atoms with Crippen LogP contribution in [-0.4, -0.2) is 66.3 Å². The van der Waals surface area contributed by atoms with Gasteiger partial charge >= 0.3 is 23.9 Å². The van der Waals surface area contributed by atoms with Gasteiger partial charge in [-0.3, -0.25) is 9.59 Å². The molecular weight excluding hydrogens is 448 g/mol. The molecule has 180 valence electrons. The minimum atomic E-state index is -1.76. The van der Waals surface area contributed by atoms with Crippen molar-refractivity contribution in [3.05, 3.63) is 71.8 Å². The van der Waals surface area contributed by atoms with E-state index in [-0.39, 0.29) is 11.1 Å². The molecule has 1 heterocycles. The zero-order chi connectivity index (χ0) is 24.7. The highest BCUT2D eigenvalue weighted by Gasteiger charge is 2.52. The predicted molar refractivity (Wildman–Crippen MR) is 114 cm³/mol. The molecule has 0 amide bonds. The maximum Gasteiger partial charge on any atom is 0.338 e. The first-order valence-corrected chi connectivity index (χ1v) is 10.4. The highest BCUT2D eigenvalue weighted by atomic mass is 16.7. The van der Waals surface area contributed by atoms with Crippen molar-refractivity contribution < 1.29 is 48.0 Å². The molecule has 0 spiro atoms. The Labute approximate surface area is 195 Å². The van der Waals surface area contributed by atoms with Gasteiger partial charge in [-0.2, -0.15) is 0 Å². The molecule has 1 N–H and O–H groups in total. The Balaban J connectivity index is 1.95. The highest BCUT2D eigenvalue weighted by Crippen LogP contribution is 2.29. The molecule has 0 radical (unpaired) electrons. The summed E-state index contributed by atoms with van der Waals surface area (Å²) in [5, 5.41) is 10.5. The van der Waals surface area contributed by atoms with Gasteiger partial charge in [-0.15, -0.1) is 0 Å². The number of esters is 4. The summed E-state index contributed by atoms with van der Waals surface area (Å²) < 4.78 is 26.8. The lowest BCUT2D eigenvalue weighted by Gasteiger charge is -2.42. The highest BCUT2D eigenvalue weighted by molar-refractivity contribution is 5.90. The average Bonchev–Trinajstić information content (AvgIpc) is 2.82. The van der Waals surface area contributed by atoms with Gasteiger partial charge in [0.1, 0.15) is 12.7 Å². The molecule has 34 heavy (non-hydrogen) atoms. The van der Waals surface area contributed by atoms with E-state index in [4.69, 9.17) is 23.7 Å². The number of carbonyl (C=O) groups excluding carboxylic acids is 4. The Morgan fingerprint density at radius 3 is 1.71 bits per heavy atom. The van der Waals surface area contributed by atoms with E-state index in [1.807, 2.05) is 0 Å². The lowest BCUT2D eigenvalue weighted by atomic mass is 9.98. The van der Waals surface area contributed by atoms with Crippen LogP contribution < -0.4 is 0 Å². The van der Waals surface area contributed by atoms with E-state index in [2.05, 4.69) is 0 Å². The van der Waals surface area contributed by atoms with Crippen LogP contribution in [0.15, 0.2) is 60.7 Å². The van der Waals surface area contributed by atoms with Gasteiger partial charge in [-0.05, 0) is 24.3 Å². The molecule has 10 nitrogen and oxygen atoms in total. The smallest absolute Gasteiger partial charge is 0.338 e. The van der Waals surface area contributed by atoms with Gasteiger partial charge in [0.2, 0.25) is 0 Å². The molecule has 1 aliphatic rings. The summed E-state index contributed by atoms with van der Waals surface area (Å²) in [7, 11) is 0. The minimum absolute atomic E-state index is 0.176. The zero-order valence-corrected chi connectivity index (χ0v) is 18.5. The van der Waals surface area contributed by atoms with Crippen molar-refractivity contribution in [2.75, 3.05) is 6.61 Å². The summed E-state index contributed by atoms with van der Waals surface area (Å²) in [6.45, 7) is 1.84. The third-order valence-corrected chi connectivity index (χ3v) is 4.87. The van der Waals surface area contributed by atoms with Crippen molar-refractivity contribution in [1.29, 1.82) is 0 Å². The van der Waals surface area contributed by atoms with Gasteiger partial charge in [0, 0.05) is 13.8 Å². The summed E-state index contributed by atoms with van der Waals surface area (Å²) in [5.74, 6) is -3.05. The maximum atomic E-state index is 12.8. The summed E-state index contributed by atoms with van der Waals surface area (Å²) in [5.41, 5.74) is 0.367. The van der Waals surface area contributed by atoms with Crippen LogP contribution >= 0.6 is 0 Å². The van der Waals surface area contributed by atoms with Crippen LogP contribution in [0.1, 0.15) is 34.6 Å². The third-order valence-electron chi connectivity index (χ3n) is 4.87. The fraction of sp³-hybridized carbons (Fsp3) is 0.333. The Hall–Kier alpha value is -3.76. The molecule has 0 bridgehead atoms. The zero-order valence-electron chi connectivity index (χ0n) is 18.5. The molecule has 1 aliphatic heterocycles. The van der Waals surface area contributed by atoms with Crippen molar-refractivity contribution in [3.8, 4) is 0 Å². The van der Waals surface area contributed by atoms with Crippen molar-refractivity contribution >= 4 is 23.9 Å². The fourth-order valence-electron chi connectivity index (χ4n) is 3.35. The van der Waals surface area contributed by atoms with Crippen LogP contribution in [0.25, 0.3) is 0 Å². The van der Waals surface area contributed by atoms with Gasteiger partial charge < -0.3 is 28.8 Å². The number of hydrogen-bond donors (Lipinski definition) is 1. The lowest BCUT2D eigenvalue weighted by Crippen LogP contribution is -2.62. The van der Waals surface area contributed by atoms with E-state index in [1.165, 1.54) is 31.2 Å². The van der Waals surface area contributed by atoms with Crippen LogP contribution in [0.5, 0.6) is 0 Å². The Morgan fingerprint density at radius 2 is 1.24 bits per heavy atom. The van der Waals surface area contributed by atoms with E-state index in [0.717, 1.165) is 6.92 Å². The molecule has 1 saturated heterocycles. The molecule has 2 aromatic carbocycles. The topological polar surface area (TPSA) is 135 Å². The van der Waals surface area contributed by atoms with Crippen LogP contribution in [0.3, 0.4) is 0 Å². The van der Waals surface area contributed by atoms with Crippen molar-refractivity contribution in [2.24, 2.45) is 0 Å². The molecule has 0 saturated carbocycles. The minimum Gasteiger partial charge on any atom is -0.463 e. The molecule has 3 rings (SSSR count). The van der Waals surface area contributed by atoms with Crippen LogP contribution in [0.2, 0.25) is 0 Å². The summed E-state index contributed by atoms with van der Waals surface area (Å²) in [6, 6.07) is 15.9. The number of hydrogen-bond acceptors (Lipinski definition) is 10. The van der Waals surface area contributed by atoms with Crippen LogP contribution in [0, 0.1) is 0 Å². The average molecular weight is 472 g/mol. The Bertz CT molecular complexity index is 1010. The standard InChI is InChI=1S/C24H24O10/c1-14(25)30-13-18-19(33-22(27)16-9-5-3-6-10-16)20(21(24(29)32-18)31-15(2)26)34-23(28)17-11-7-4-8-12-17/h3-12,18-21,24,29H,13H2,1-2H3/t18-,19+,20+,21-,24-/m1/s1.